The Labute approximate surface area is 119 Å². The summed E-state index contributed by atoms with van der Waals surface area (Å²) >= 11 is 0. The Bertz CT molecular complexity index is 605. The molecule has 0 aromatic heterocycles. The molecule has 3 nitrogen and oxygen atoms in total. The monoisotopic (exact) mass is 266 g/mol. The highest BCUT2D eigenvalue weighted by Crippen LogP contribution is 2.33. The summed E-state index contributed by atoms with van der Waals surface area (Å²) in [7, 11) is 0. The zero-order valence-electron chi connectivity index (χ0n) is 11.5. The number of hydrogen-bond acceptors (Lipinski definition) is 2. The molecule has 2 aromatic carbocycles. The van der Waals surface area contributed by atoms with Crippen LogP contribution in [0.2, 0.25) is 0 Å². The molecule has 1 aliphatic heterocycles. The van der Waals surface area contributed by atoms with Crippen LogP contribution in [0.4, 0.5) is 11.4 Å². The number of anilines is 2. The maximum Gasteiger partial charge on any atom is 0.236 e. The highest BCUT2D eigenvalue weighted by Gasteiger charge is 2.31. The van der Waals surface area contributed by atoms with Crippen LogP contribution in [-0.2, 0) is 4.79 Å². The van der Waals surface area contributed by atoms with Gasteiger partial charge in [0.05, 0.1) is 5.92 Å². The average molecular weight is 266 g/mol. The van der Waals surface area contributed by atoms with Gasteiger partial charge in [-0.05, 0) is 30.7 Å². The fourth-order valence-corrected chi connectivity index (χ4v) is 2.77. The van der Waals surface area contributed by atoms with E-state index in [1.807, 2.05) is 66.4 Å². The van der Waals surface area contributed by atoms with Crippen molar-refractivity contribution in [3.63, 3.8) is 0 Å². The van der Waals surface area contributed by atoms with E-state index in [1.165, 1.54) is 0 Å². The molecule has 3 heteroatoms. The fraction of sp³-hybridized carbons (Fsp3) is 0.235. The molecule has 3 rings (SSSR count). The van der Waals surface area contributed by atoms with Crippen LogP contribution in [0.15, 0.2) is 54.6 Å². The van der Waals surface area contributed by atoms with E-state index in [9.17, 15) is 4.79 Å². The smallest absolute Gasteiger partial charge is 0.236 e. The number of rotatable bonds is 3. The van der Waals surface area contributed by atoms with Crippen LogP contribution < -0.4 is 10.2 Å². The zero-order valence-corrected chi connectivity index (χ0v) is 11.5. The highest BCUT2D eigenvalue weighted by molar-refractivity contribution is 6.00. The molecular formula is C17H18N2O. The van der Waals surface area contributed by atoms with Gasteiger partial charge in [0.1, 0.15) is 0 Å². The van der Waals surface area contributed by atoms with E-state index >= 15 is 0 Å². The average Bonchev–Trinajstić information content (AvgIpc) is 2.93. The fourth-order valence-electron chi connectivity index (χ4n) is 2.77. The minimum atomic E-state index is -0.0913. The summed E-state index contributed by atoms with van der Waals surface area (Å²) in [6.45, 7) is 3.38. The topological polar surface area (TPSA) is 32.3 Å². The van der Waals surface area contributed by atoms with E-state index in [0.29, 0.717) is 13.1 Å². The van der Waals surface area contributed by atoms with Gasteiger partial charge in [0.25, 0.3) is 0 Å². The number of para-hydroxylation sites is 2. The molecule has 20 heavy (non-hydrogen) atoms. The maximum atomic E-state index is 12.8. The normalized spacial score (nSPS) is 16.4. The van der Waals surface area contributed by atoms with E-state index in [0.717, 1.165) is 16.9 Å². The summed E-state index contributed by atoms with van der Waals surface area (Å²) in [5.41, 5.74) is 3.14. The third-order valence-electron chi connectivity index (χ3n) is 3.78. The first-order valence-corrected chi connectivity index (χ1v) is 7.00. The number of carbonyl (C=O) groups is 1. The highest BCUT2D eigenvalue weighted by atomic mass is 16.2. The van der Waals surface area contributed by atoms with Gasteiger partial charge in [-0.15, -0.1) is 0 Å². The van der Waals surface area contributed by atoms with Gasteiger partial charge < -0.3 is 10.2 Å². The molecule has 2 aromatic rings. The molecule has 1 N–H and O–H groups in total. The first-order valence-electron chi connectivity index (χ1n) is 7.00. The second kappa shape index (κ2) is 5.37. The predicted octanol–water partition coefficient (Wildman–Crippen LogP) is 3.25. The largest absolute Gasteiger partial charge is 0.384 e. The van der Waals surface area contributed by atoms with E-state index in [1.54, 1.807) is 0 Å². The number of carbonyl (C=O) groups excluding carboxylic acids is 1. The molecule has 1 unspecified atom stereocenters. The molecule has 1 aliphatic rings. The molecule has 0 saturated carbocycles. The molecule has 1 heterocycles. The van der Waals surface area contributed by atoms with E-state index in [2.05, 4.69) is 5.32 Å². The third kappa shape index (κ3) is 2.16. The van der Waals surface area contributed by atoms with Crippen molar-refractivity contribution >= 4 is 17.3 Å². The van der Waals surface area contributed by atoms with Gasteiger partial charge in [-0.2, -0.15) is 0 Å². The van der Waals surface area contributed by atoms with Gasteiger partial charge >= 0.3 is 0 Å². The van der Waals surface area contributed by atoms with Crippen LogP contribution in [0.3, 0.4) is 0 Å². The lowest BCUT2D eigenvalue weighted by Gasteiger charge is -2.24. The van der Waals surface area contributed by atoms with Gasteiger partial charge in [0, 0.05) is 24.5 Å². The quantitative estimate of drug-likeness (QED) is 0.925. The van der Waals surface area contributed by atoms with Crippen molar-refractivity contribution in [1.82, 2.24) is 0 Å². The van der Waals surface area contributed by atoms with Crippen molar-refractivity contribution in [1.29, 1.82) is 0 Å². The molecule has 1 atom stereocenters. The lowest BCUT2D eigenvalue weighted by molar-refractivity contribution is -0.119. The number of nitrogens with one attached hydrogen (secondary N) is 1. The molecule has 102 valence electrons. The van der Waals surface area contributed by atoms with Crippen molar-refractivity contribution in [2.24, 2.45) is 0 Å². The summed E-state index contributed by atoms with van der Waals surface area (Å²) in [6, 6.07) is 17.9. The number of hydrogen-bond donors (Lipinski definition) is 1. The molecule has 0 spiro atoms. The Hall–Kier alpha value is -2.29. The predicted molar refractivity (Wildman–Crippen MR) is 82.1 cm³/mol. The molecule has 0 aliphatic carbocycles. The Balaban J connectivity index is 1.89. The first kappa shape index (κ1) is 12.7. The Morgan fingerprint density at radius 3 is 2.60 bits per heavy atom. The van der Waals surface area contributed by atoms with Gasteiger partial charge in [-0.1, -0.05) is 36.4 Å². The molecule has 0 fully saturated rings. The number of benzene rings is 2. The maximum absolute atomic E-state index is 12.8. The standard InChI is InChI=1S/C17H18N2O/c1-2-19(13-8-4-3-5-9-13)17(20)15-12-18-16-11-7-6-10-14(15)16/h3-11,15,18H,2,12H2,1H3. The van der Waals surface area contributed by atoms with Crippen molar-refractivity contribution < 1.29 is 4.79 Å². The van der Waals surface area contributed by atoms with Gasteiger partial charge in [-0.25, -0.2) is 0 Å². The molecule has 0 radical (unpaired) electrons. The van der Waals surface area contributed by atoms with Gasteiger partial charge in [0.2, 0.25) is 5.91 Å². The van der Waals surface area contributed by atoms with Crippen LogP contribution >= 0.6 is 0 Å². The minimum Gasteiger partial charge on any atom is -0.384 e. The summed E-state index contributed by atoms with van der Waals surface area (Å²) in [4.78, 5) is 14.7. The van der Waals surface area contributed by atoms with Crippen LogP contribution in [0.1, 0.15) is 18.4 Å². The summed E-state index contributed by atoms with van der Waals surface area (Å²) < 4.78 is 0. The van der Waals surface area contributed by atoms with E-state index < -0.39 is 0 Å². The van der Waals surface area contributed by atoms with Crippen LogP contribution in [0.5, 0.6) is 0 Å². The summed E-state index contributed by atoms with van der Waals surface area (Å²) in [5, 5.41) is 3.31. The lowest BCUT2D eigenvalue weighted by Crippen LogP contribution is -2.35. The molecule has 1 amide bonds. The zero-order chi connectivity index (χ0) is 13.9. The molecular weight excluding hydrogens is 248 g/mol. The van der Waals surface area contributed by atoms with Crippen LogP contribution in [0, 0.1) is 0 Å². The minimum absolute atomic E-state index is 0.0913. The van der Waals surface area contributed by atoms with Crippen molar-refractivity contribution in [2.45, 2.75) is 12.8 Å². The lowest BCUT2D eigenvalue weighted by atomic mass is 9.99. The Morgan fingerprint density at radius 1 is 1.15 bits per heavy atom. The Morgan fingerprint density at radius 2 is 1.85 bits per heavy atom. The van der Waals surface area contributed by atoms with E-state index in [4.69, 9.17) is 0 Å². The van der Waals surface area contributed by atoms with Gasteiger partial charge in [0.15, 0.2) is 0 Å². The van der Waals surface area contributed by atoms with Gasteiger partial charge in [-0.3, -0.25) is 4.79 Å². The van der Waals surface area contributed by atoms with Crippen molar-refractivity contribution in [3.8, 4) is 0 Å². The molecule has 0 saturated heterocycles. The third-order valence-corrected chi connectivity index (χ3v) is 3.78. The number of amides is 1. The second-order valence-corrected chi connectivity index (χ2v) is 4.94. The van der Waals surface area contributed by atoms with Crippen molar-refractivity contribution in [3.05, 3.63) is 60.2 Å². The van der Waals surface area contributed by atoms with E-state index in [-0.39, 0.29) is 11.8 Å². The summed E-state index contributed by atoms with van der Waals surface area (Å²) in [6.07, 6.45) is 0. The number of fused-ring (bicyclic) bond motifs is 1. The first-order chi connectivity index (χ1) is 9.81. The van der Waals surface area contributed by atoms with Crippen LogP contribution in [-0.4, -0.2) is 19.0 Å². The second-order valence-electron chi connectivity index (χ2n) is 4.94. The molecule has 0 bridgehead atoms. The SMILES string of the molecule is CCN(C(=O)C1CNc2ccccc21)c1ccccc1. The summed E-state index contributed by atoms with van der Waals surface area (Å²) in [5.74, 6) is 0.0718. The Kier molecular flexibility index (Phi) is 3.42. The number of likely N-dealkylation sites (N-methyl/N-ethyl adjacent to an activating group) is 1. The van der Waals surface area contributed by atoms with Crippen LogP contribution in [0.25, 0.3) is 0 Å². The number of nitrogens with zero attached hydrogens (tertiary/aromatic N) is 1. The van der Waals surface area contributed by atoms with Crippen molar-refractivity contribution in [2.75, 3.05) is 23.3 Å².